The van der Waals surface area contributed by atoms with Gasteiger partial charge in [0.25, 0.3) is 0 Å². The number of rotatable bonds is 1. The van der Waals surface area contributed by atoms with Crippen LogP contribution in [-0.2, 0) is 17.6 Å². The van der Waals surface area contributed by atoms with Crippen LogP contribution in [0.25, 0.3) is 10.4 Å². The van der Waals surface area contributed by atoms with E-state index in [-0.39, 0.29) is 5.91 Å². The molecule has 18 heavy (non-hydrogen) atoms. The molecule has 3 N–H and O–H groups in total. The first-order valence-electron chi connectivity index (χ1n) is 5.79. The maximum Gasteiger partial charge on any atom is 0.223 e. The summed E-state index contributed by atoms with van der Waals surface area (Å²) in [6.07, 6.45) is 1.90. The molecule has 1 aliphatic rings. The summed E-state index contributed by atoms with van der Waals surface area (Å²) in [6, 6.07) is 5.99. The van der Waals surface area contributed by atoms with Gasteiger partial charge >= 0.3 is 0 Å². The van der Waals surface area contributed by atoms with Crippen molar-refractivity contribution in [3.05, 3.63) is 29.5 Å². The molecule has 0 spiro atoms. The number of nitrogens with two attached hydrogens (primary N) is 1. The molecular weight excluding hydrogens is 246 g/mol. The molecule has 1 aliphatic carbocycles. The van der Waals surface area contributed by atoms with Crippen LogP contribution in [0.15, 0.2) is 18.2 Å². The van der Waals surface area contributed by atoms with Gasteiger partial charge in [-0.25, -0.2) is 4.98 Å². The van der Waals surface area contributed by atoms with Gasteiger partial charge in [0, 0.05) is 12.6 Å². The minimum absolute atomic E-state index is 0.0890. The summed E-state index contributed by atoms with van der Waals surface area (Å²) in [7, 11) is 0. The molecule has 1 amide bonds. The van der Waals surface area contributed by atoms with Crippen LogP contribution in [0, 0.1) is 0 Å². The zero-order chi connectivity index (χ0) is 12.7. The molecule has 0 saturated heterocycles. The van der Waals surface area contributed by atoms with E-state index in [0.29, 0.717) is 5.13 Å². The Kier molecular flexibility index (Phi) is 2.56. The van der Waals surface area contributed by atoms with Gasteiger partial charge in [-0.1, -0.05) is 17.4 Å². The normalized spacial score (nSPS) is 12.7. The average Bonchev–Trinajstić information content (AvgIpc) is 2.70. The molecule has 0 radical (unpaired) electrons. The number of aromatic nitrogens is 1. The van der Waals surface area contributed by atoms with E-state index in [0.717, 1.165) is 34.7 Å². The third-order valence-corrected chi connectivity index (χ3v) is 4.04. The van der Waals surface area contributed by atoms with E-state index in [4.69, 9.17) is 5.73 Å². The van der Waals surface area contributed by atoms with E-state index in [1.165, 1.54) is 23.8 Å². The Hall–Kier alpha value is -1.88. The highest BCUT2D eigenvalue weighted by Gasteiger charge is 2.21. The number of hydrogen-bond acceptors (Lipinski definition) is 4. The second kappa shape index (κ2) is 4.10. The van der Waals surface area contributed by atoms with Crippen molar-refractivity contribution >= 4 is 28.1 Å². The van der Waals surface area contributed by atoms with E-state index in [1.807, 2.05) is 12.1 Å². The van der Waals surface area contributed by atoms with E-state index < -0.39 is 0 Å². The van der Waals surface area contributed by atoms with E-state index >= 15 is 0 Å². The molecule has 0 aliphatic heterocycles. The molecule has 1 aromatic heterocycles. The van der Waals surface area contributed by atoms with Gasteiger partial charge in [0.2, 0.25) is 5.91 Å². The van der Waals surface area contributed by atoms with Crippen molar-refractivity contribution in [3.63, 3.8) is 0 Å². The highest BCUT2D eigenvalue weighted by Crippen LogP contribution is 2.40. The van der Waals surface area contributed by atoms with Gasteiger partial charge in [0.1, 0.15) is 0 Å². The highest BCUT2D eigenvalue weighted by atomic mass is 32.1. The number of aryl methyl sites for hydroxylation is 2. The summed E-state index contributed by atoms with van der Waals surface area (Å²) in [4.78, 5) is 16.7. The lowest BCUT2D eigenvalue weighted by molar-refractivity contribution is -0.114. The van der Waals surface area contributed by atoms with Gasteiger partial charge in [-0.2, -0.15) is 0 Å². The zero-order valence-corrected chi connectivity index (χ0v) is 10.8. The van der Waals surface area contributed by atoms with Gasteiger partial charge in [-0.3, -0.25) is 4.79 Å². The first-order valence-corrected chi connectivity index (χ1v) is 6.61. The fraction of sp³-hybridized carbons (Fsp3) is 0.231. The number of carbonyl (C=O) groups is 1. The van der Waals surface area contributed by atoms with Crippen LogP contribution in [0.4, 0.5) is 10.8 Å². The topological polar surface area (TPSA) is 68.0 Å². The number of fused-ring (bicyclic) bond motifs is 3. The fourth-order valence-electron chi connectivity index (χ4n) is 2.21. The number of nitrogen functional groups attached to an aromatic ring is 1. The van der Waals surface area contributed by atoms with Crippen LogP contribution >= 0.6 is 11.3 Å². The predicted octanol–water partition coefficient (Wildman–Crippen LogP) is 2.45. The van der Waals surface area contributed by atoms with E-state index in [2.05, 4.69) is 16.4 Å². The fourth-order valence-corrected chi connectivity index (χ4v) is 3.32. The van der Waals surface area contributed by atoms with Crippen molar-refractivity contribution in [2.45, 2.75) is 19.8 Å². The third kappa shape index (κ3) is 1.86. The molecule has 2 aromatic rings. The van der Waals surface area contributed by atoms with Crippen molar-refractivity contribution in [2.24, 2.45) is 0 Å². The minimum atomic E-state index is -0.0890. The van der Waals surface area contributed by atoms with Gasteiger partial charge in [-0.05, 0) is 36.1 Å². The monoisotopic (exact) mass is 259 g/mol. The first kappa shape index (κ1) is 11.2. The Morgan fingerprint density at radius 3 is 3.06 bits per heavy atom. The molecule has 1 aromatic carbocycles. The number of nitrogens with one attached hydrogen (secondary N) is 1. The Morgan fingerprint density at radius 2 is 2.28 bits per heavy atom. The second-order valence-corrected chi connectivity index (χ2v) is 5.39. The van der Waals surface area contributed by atoms with Crippen LogP contribution in [0.5, 0.6) is 0 Å². The Morgan fingerprint density at radius 1 is 1.44 bits per heavy atom. The molecule has 0 fully saturated rings. The number of benzene rings is 1. The quantitative estimate of drug-likeness (QED) is 0.773. The molecular formula is C13H13N3OS. The van der Waals surface area contributed by atoms with Crippen molar-refractivity contribution in [1.82, 2.24) is 4.98 Å². The molecule has 5 heteroatoms. The van der Waals surface area contributed by atoms with Gasteiger partial charge < -0.3 is 11.1 Å². The summed E-state index contributed by atoms with van der Waals surface area (Å²) in [5.41, 5.74) is 10.1. The summed E-state index contributed by atoms with van der Waals surface area (Å²) in [5, 5.41) is 3.41. The number of nitrogens with zero attached hydrogens (tertiary/aromatic N) is 1. The molecule has 0 bridgehead atoms. The van der Waals surface area contributed by atoms with Gasteiger partial charge in [-0.15, -0.1) is 0 Å². The Labute approximate surface area is 109 Å². The van der Waals surface area contributed by atoms with Crippen LogP contribution in [0.1, 0.15) is 18.2 Å². The lowest BCUT2D eigenvalue weighted by Gasteiger charge is -2.15. The maximum absolute atomic E-state index is 11.1. The summed E-state index contributed by atoms with van der Waals surface area (Å²) in [5.74, 6) is -0.0890. The van der Waals surface area contributed by atoms with Crippen molar-refractivity contribution in [3.8, 4) is 10.4 Å². The molecule has 4 nitrogen and oxygen atoms in total. The minimum Gasteiger partial charge on any atom is -0.399 e. The number of carbonyl (C=O) groups excluding carboxylic acids is 1. The standard InChI is InChI=1S/C13H13N3OS/c1-7(17)15-13-16-11-5-3-8-2-4-9(14)6-10(8)12(11)18-13/h2,4,6H,3,5,14H2,1H3,(H,15,16,17). The van der Waals surface area contributed by atoms with Crippen LogP contribution in [0.2, 0.25) is 0 Å². The largest absolute Gasteiger partial charge is 0.399 e. The Bertz CT molecular complexity index is 633. The number of thiazole rings is 1. The highest BCUT2D eigenvalue weighted by molar-refractivity contribution is 7.19. The molecule has 0 atom stereocenters. The molecule has 92 valence electrons. The lowest BCUT2D eigenvalue weighted by atomic mass is 9.93. The average molecular weight is 259 g/mol. The second-order valence-electron chi connectivity index (χ2n) is 4.39. The van der Waals surface area contributed by atoms with Crippen LogP contribution < -0.4 is 11.1 Å². The van der Waals surface area contributed by atoms with Crippen molar-refractivity contribution in [2.75, 3.05) is 11.1 Å². The van der Waals surface area contributed by atoms with Gasteiger partial charge in [0.15, 0.2) is 5.13 Å². The van der Waals surface area contributed by atoms with Crippen molar-refractivity contribution in [1.29, 1.82) is 0 Å². The smallest absolute Gasteiger partial charge is 0.223 e. The molecule has 1 heterocycles. The third-order valence-electron chi connectivity index (χ3n) is 2.99. The summed E-state index contributed by atoms with van der Waals surface area (Å²) in [6.45, 7) is 1.49. The summed E-state index contributed by atoms with van der Waals surface area (Å²) < 4.78 is 0. The lowest BCUT2D eigenvalue weighted by Crippen LogP contribution is -2.06. The number of anilines is 2. The molecule has 0 saturated carbocycles. The number of hydrogen-bond donors (Lipinski definition) is 2. The molecule has 3 rings (SSSR count). The number of amides is 1. The maximum atomic E-state index is 11.1. The first-order chi connectivity index (χ1) is 8.63. The summed E-state index contributed by atoms with van der Waals surface area (Å²) >= 11 is 1.52. The van der Waals surface area contributed by atoms with E-state index in [1.54, 1.807) is 0 Å². The Balaban J connectivity index is 2.08. The SMILES string of the molecule is CC(=O)Nc1nc2c(s1)-c1cc(N)ccc1CC2. The van der Waals surface area contributed by atoms with Gasteiger partial charge in [0.05, 0.1) is 10.6 Å². The van der Waals surface area contributed by atoms with Crippen LogP contribution in [-0.4, -0.2) is 10.9 Å². The molecule has 0 unspecified atom stereocenters. The zero-order valence-electron chi connectivity index (χ0n) is 9.99. The van der Waals surface area contributed by atoms with Crippen molar-refractivity contribution < 1.29 is 4.79 Å². The predicted molar refractivity (Wildman–Crippen MR) is 73.7 cm³/mol. The van der Waals surface area contributed by atoms with E-state index in [9.17, 15) is 4.79 Å². The van der Waals surface area contributed by atoms with Crippen LogP contribution in [0.3, 0.4) is 0 Å².